The Hall–Kier alpha value is -3.25. The zero-order valence-corrected chi connectivity index (χ0v) is 19.7. The lowest BCUT2D eigenvalue weighted by molar-refractivity contribution is 0.287. The van der Waals surface area contributed by atoms with Gasteiger partial charge in [0, 0.05) is 45.0 Å². The van der Waals surface area contributed by atoms with Crippen molar-refractivity contribution in [3.63, 3.8) is 0 Å². The predicted octanol–water partition coefficient (Wildman–Crippen LogP) is 4.25. The minimum Gasteiger partial charge on any atom is -0.468 e. The summed E-state index contributed by atoms with van der Waals surface area (Å²) < 4.78 is 5.49. The number of aliphatic imine (C=N–C) groups is 1. The molecular formula is C27H35N5O. The third-order valence-corrected chi connectivity index (χ3v) is 6.19. The first kappa shape index (κ1) is 22.9. The molecule has 0 unspecified atom stereocenters. The summed E-state index contributed by atoms with van der Waals surface area (Å²) in [4.78, 5) is 9.20. The first-order valence-corrected chi connectivity index (χ1v) is 11.8. The number of para-hydroxylation sites is 1. The molecule has 1 aromatic heterocycles. The molecule has 0 bridgehead atoms. The highest BCUT2D eigenvalue weighted by Crippen LogP contribution is 2.19. The van der Waals surface area contributed by atoms with Crippen LogP contribution in [-0.4, -0.2) is 44.1 Å². The standard InChI is InChI=1S/C27H35N5O/c1-28-27(30-24-14-16-32(17-15-24)25-11-4-3-5-12-25)29-19-22-9-6-7-10-23(22)20-31(2)21-26-13-8-18-33-26/h3-13,18,24H,14-17,19-21H2,1-2H3,(H2,28,29,30). The van der Waals surface area contributed by atoms with Crippen molar-refractivity contribution in [2.45, 2.75) is 38.5 Å². The van der Waals surface area contributed by atoms with E-state index in [0.29, 0.717) is 6.04 Å². The number of hydrogen-bond donors (Lipinski definition) is 2. The van der Waals surface area contributed by atoms with E-state index >= 15 is 0 Å². The van der Waals surface area contributed by atoms with Crippen LogP contribution in [0.2, 0.25) is 0 Å². The third-order valence-electron chi connectivity index (χ3n) is 6.19. The lowest BCUT2D eigenvalue weighted by Crippen LogP contribution is -2.48. The van der Waals surface area contributed by atoms with Gasteiger partial charge >= 0.3 is 0 Å². The Morgan fingerprint density at radius 2 is 1.70 bits per heavy atom. The van der Waals surface area contributed by atoms with Crippen molar-refractivity contribution < 1.29 is 4.42 Å². The number of furan rings is 1. The number of benzene rings is 2. The van der Waals surface area contributed by atoms with Gasteiger partial charge in [0.05, 0.1) is 12.8 Å². The maximum absolute atomic E-state index is 5.49. The van der Waals surface area contributed by atoms with Crippen LogP contribution in [0.1, 0.15) is 29.7 Å². The summed E-state index contributed by atoms with van der Waals surface area (Å²) in [5.41, 5.74) is 3.91. The lowest BCUT2D eigenvalue weighted by atomic mass is 10.0. The Kier molecular flexibility index (Phi) is 8.04. The fourth-order valence-corrected chi connectivity index (χ4v) is 4.39. The molecule has 174 valence electrons. The molecular weight excluding hydrogens is 410 g/mol. The van der Waals surface area contributed by atoms with Gasteiger partial charge in [-0.3, -0.25) is 9.89 Å². The van der Waals surface area contributed by atoms with E-state index in [1.807, 2.05) is 19.2 Å². The third kappa shape index (κ3) is 6.62. The maximum Gasteiger partial charge on any atom is 0.191 e. The molecule has 2 N–H and O–H groups in total. The van der Waals surface area contributed by atoms with Crippen molar-refractivity contribution in [2.75, 3.05) is 32.1 Å². The smallest absolute Gasteiger partial charge is 0.191 e. The first-order valence-electron chi connectivity index (χ1n) is 11.8. The van der Waals surface area contributed by atoms with E-state index in [4.69, 9.17) is 4.42 Å². The number of guanidine groups is 1. The SMILES string of the molecule is CN=C(NCc1ccccc1CN(C)Cc1ccco1)NC1CCN(c2ccccc2)CC1. The molecule has 1 saturated heterocycles. The van der Waals surface area contributed by atoms with Crippen LogP contribution in [0.4, 0.5) is 5.69 Å². The van der Waals surface area contributed by atoms with Gasteiger partial charge in [-0.2, -0.15) is 0 Å². The van der Waals surface area contributed by atoms with Gasteiger partial charge in [0.2, 0.25) is 0 Å². The Bertz CT molecular complexity index is 994. The normalized spacial score (nSPS) is 15.1. The van der Waals surface area contributed by atoms with E-state index in [1.165, 1.54) is 16.8 Å². The molecule has 1 fully saturated rings. The molecule has 0 spiro atoms. The molecule has 1 aliphatic heterocycles. The van der Waals surface area contributed by atoms with Gasteiger partial charge in [0.1, 0.15) is 5.76 Å². The molecule has 0 radical (unpaired) electrons. The molecule has 2 aromatic carbocycles. The Balaban J connectivity index is 1.27. The zero-order chi connectivity index (χ0) is 22.9. The average Bonchev–Trinajstić information content (AvgIpc) is 3.36. The van der Waals surface area contributed by atoms with Crippen LogP contribution < -0.4 is 15.5 Å². The molecule has 0 saturated carbocycles. The van der Waals surface area contributed by atoms with Crippen molar-refractivity contribution in [1.82, 2.24) is 15.5 Å². The highest BCUT2D eigenvalue weighted by Gasteiger charge is 2.20. The minimum absolute atomic E-state index is 0.436. The van der Waals surface area contributed by atoms with Crippen LogP contribution in [0.15, 0.2) is 82.4 Å². The van der Waals surface area contributed by atoms with Gasteiger partial charge in [0.15, 0.2) is 5.96 Å². The van der Waals surface area contributed by atoms with Gasteiger partial charge in [-0.15, -0.1) is 0 Å². The minimum atomic E-state index is 0.436. The van der Waals surface area contributed by atoms with E-state index < -0.39 is 0 Å². The van der Waals surface area contributed by atoms with Crippen LogP contribution in [0.3, 0.4) is 0 Å². The predicted molar refractivity (Wildman–Crippen MR) is 135 cm³/mol. The van der Waals surface area contributed by atoms with Gasteiger partial charge in [-0.25, -0.2) is 0 Å². The number of rotatable bonds is 8. The van der Waals surface area contributed by atoms with Crippen LogP contribution in [-0.2, 0) is 19.6 Å². The summed E-state index contributed by atoms with van der Waals surface area (Å²) in [5.74, 6) is 1.85. The van der Waals surface area contributed by atoms with Crippen molar-refractivity contribution in [3.8, 4) is 0 Å². The highest BCUT2D eigenvalue weighted by molar-refractivity contribution is 5.80. The zero-order valence-electron chi connectivity index (χ0n) is 19.7. The van der Waals surface area contributed by atoms with Gasteiger partial charge in [-0.05, 0) is 55.3 Å². The second-order valence-electron chi connectivity index (χ2n) is 8.69. The Labute approximate surface area is 197 Å². The molecule has 1 aliphatic rings. The first-order chi connectivity index (χ1) is 16.2. The van der Waals surface area contributed by atoms with E-state index in [0.717, 1.165) is 57.3 Å². The van der Waals surface area contributed by atoms with Crippen molar-refractivity contribution in [1.29, 1.82) is 0 Å². The van der Waals surface area contributed by atoms with Crippen molar-refractivity contribution in [3.05, 3.63) is 89.9 Å². The summed E-state index contributed by atoms with van der Waals surface area (Å²) in [6.45, 7) is 4.52. The van der Waals surface area contributed by atoms with Crippen LogP contribution in [0, 0.1) is 0 Å². The second kappa shape index (κ2) is 11.6. The van der Waals surface area contributed by atoms with E-state index in [1.54, 1.807) is 6.26 Å². The number of nitrogens with zero attached hydrogens (tertiary/aromatic N) is 3. The number of nitrogens with one attached hydrogen (secondary N) is 2. The van der Waals surface area contributed by atoms with Crippen LogP contribution in [0.25, 0.3) is 0 Å². The molecule has 6 heteroatoms. The molecule has 3 aromatic rings. The summed E-state index contributed by atoms with van der Waals surface area (Å²) >= 11 is 0. The molecule has 2 heterocycles. The summed E-state index contributed by atoms with van der Waals surface area (Å²) in [6, 6.07) is 23.7. The summed E-state index contributed by atoms with van der Waals surface area (Å²) in [5, 5.41) is 7.15. The molecule has 0 aliphatic carbocycles. The number of hydrogen-bond acceptors (Lipinski definition) is 4. The average molecular weight is 446 g/mol. The van der Waals surface area contributed by atoms with Crippen LogP contribution in [0.5, 0.6) is 0 Å². The molecule has 6 nitrogen and oxygen atoms in total. The lowest BCUT2D eigenvalue weighted by Gasteiger charge is -2.34. The number of piperidine rings is 1. The fraction of sp³-hybridized carbons (Fsp3) is 0.370. The second-order valence-corrected chi connectivity index (χ2v) is 8.69. The molecule has 4 rings (SSSR count). The number of anilines is 1. The summed E-state index contributed by atoms with van der Waals surface area (Å²) in [7, 11) is 3.96. The van der Waals surface area contributed by atoms with Gasteiger partial charge < -0.3 is 20.0 Å². The van der Waals surface area contributed by atoms with E-state index in [9.17, 15) is 0 Å². The molecule has 0 amide bonds. The van der Waals surface area contributed by atoms with Crippen molar-refractivity contribution >= 4 is 11.6 Å². The molecule has 0 atom stereocenters. The quantitative estimate of drug-likeness (QED) is 0.401. The van der Waals surface area contributed by atoms with Crippen LogP contribution >= 0.6 is 0 Å². The van der Waals surface area contributed by atoms with Gasteiger partial charge in [0.25, 0.3) is 0 Å². The van der Waals surface area contributed by atoms with E-state index in [2.05, 4.69) is 87.1 Å². The molecule has 33 heavy (non-hydrogen) atoms. The maximum atomic E-state index is 5.49. The fourth-order valence-electron chi connectivity index (χ4n) is 4.39. The van der Waals surface area contributed by atoms with Crippen molar-refractivity contribution in [2.24, 2.45) is 4.99 Å². The Morgan fingerprint density at radius 3 is 2.39 bits per heavy atom. The monoisotopic (exact) mass is 445 g/mol. The van der Waals surface area contributed by atoms with E-state index in [-0.39, 0.29) is 0 Å². The Morgan fingerprint density at radius 1 is 0.970 bits per heavy atom. The largest absolute Gasteiger partial charge is 0.468 e. The summed E-state index contributed by atoms with van der Waals surface area (Å²) in [6.07, 6.45) is 3.93. The highest BCUT2D eigenvalue weighted by atomic mass is 16.3. The topological polar surface area (TPSA) is 56.0 Å². The van der Waals surface area contributed by atoms with Gasteiger partial charge in [-0.1, -0.05) is 42.5 Å².